The quantitative estimate of drug-likeness (QED) is 0.232. The summed E-state index contributed by atoms with van der Waals surface area (Å²) < 4.78 is 2.73. The second-order valence-electron chi connectivity index (χ2n) is 6.19. The van der Waals surface area contributed by atoms with Crippen molar-refractivity contribution < 1.29 is 0 Å². The summed E-state index contributed by atoms with van der Waals surface area (Å²) in [7, 11) is 0. The van der Waals surface area contributed by atoms with Crippen LogP contribution in [-0.2, 0) is 6.42 Å². The number of para-hydroxylation sites is 1. The number of hydrogen-bond acceptors (Lipinski definition) is 5. The lowest BCUT2D eigenvalue weighted by atomic mass is 10.2. The zero-order chi connectivity index (χ0) is 19.3. The molecule has 0 amide bonds. The highest BCUT2D eigenvalue weighted by molar-refractivity contribution is 9.10. The number of nitrogens with one attached hydrogen (secondary N) is 1. The molecule has 0 aliphatic heterocycles. The Balaban J connectivity index is 1.69. The van der Waals surface area contributed by atoms with Crippen LogP contribution in [0.25, 0.3) is 16.9 Å². The third-order valence-corrected chi connectivity index (χ3v) is 5.65. The molecule has 0 aliphatic carbocycles. The van der Waals surface area contributed by atoms with Crippen molar-refractivity contribution >= 4 is 44.7 Å². The van der Waals surface area contributed by atoms with Crippen molar-refractivity contribution in [3.05, 3.63) is 71.0 Å². The summed E-state index contributed by atoms with van der Waals surface area (Å²) >= 11 is 5.25. The minimum atomic E-state index is 0.716. The van der Waals surface area contributed by atoms with Gasteiger partial charge >= 0.3 is 0 Å². The van der Waals surface area contributed by atoms with E-state index >= 15 is 0 Å². The van der Waals surface area contributed by atoms with E-state index in [1.165, 1.54) is 5.56 Å². The number of aromatic nitrogens is 4. The fraction of sp³-hybridized carbons (Fsp3) is 0.190. The molecule has 0 atom stereocenters. The highest BCUT2D eigenvalue weighted by atomic mass is 79.9. The number of aryl methyl sites for hydroxylation is 1. The maximum absolute atomic E-state index is 4.83. The molecule has 0 aliphatic rings. The molecule has 2 aromatic carbocycles. The van der Waals surface area contributed by atoms with E-state index < -0.39 is 0 Å². The maximum Gasteiger partial charge on any atom is 0.191 e. The van der Waals surface area contributed by atoms with E-state index in [0.717, 1.165) is 46.5 Å². The summed E-state index contributed by atoms with van der Waals surface area (Å²) in [6, 6.07) is 20.6. The molecule has 28 heavy (non-hydrogen) atoms. The predicted octanol–water partition coefficient (Wildman–Crippen LogP) is 5.34. The molecule has 2 aromatic heterocycles. The standard InChI is InChI=1S/C21H20BrN5S/c1-2-23-18-17-19(27(20(22)24-17)16-11-7-4-8-12-16)26-21(25-18)28-14-13-15-9-5-3-6-10-15/h3-12H,2,13-14H2,1H3,(H,23,25,26). The SMILES string of the molecule is CCNc1nc(SCCc2ccccc2)nc2c1nc(Br)n2-c1ccccc1. The van der Waals surface area contributed by atoms with Crippen LogP contribution in [0.5, 0.6) is 0 Å². The van der Waals surface area contributed by atoms with Gasteiger partial charge in [0.2, 0.25) is 0 Å². The Labute approximate surface area is 176 Å². The number of halogens is 1. The van der Waals surface area contributed by atoms with E-state index in [4.69, 9.17) is 9.97 Å². The van der Waals surface area contributed by atoms with Gasteiger partial charge in [0, 0.05) is 18.0 Å². The number of rotatable bonds is 7. The van der Waals surface area contributed by atoms with Crippen LogP contribution in [0, 0.1) is 0 Å². The van der Waals surface area contributed by atoms with Gasteiger partial charge in [-0.25, -0.2) is 15.0 Å². The number of fused-ring (bicyclic) bond motifs is 1. The normalized spacial score (nSPS) is 11.1. The van der Waals surface area contributed by atoms with E-state index in [1.807, 2.05) is 41.0 Å². The van der Waals surface area contributed by atoms with Gasteiger partial charge in [-0.05, 0) is 47.0 Å². The molecule has 0 saturated carbocycles. The van der Waals surface area contributed by atoms with Crippen LogP contribution < -0.4 is 5.32 Å². The minimum absolute atomic E-state index is 0.716. The van der Waals surface area contributed by atoms with Crippen LogP contribution in [0.2, 0.25) is 0 Å². The Hall–Kier alpha value is -2.38. The molecule has 7 heteroatoms. The molecule has 0 bridgehead atoms. The third-order valence-electron chi connectivity index (χ3n) is 4.27. The zero-order valence-electron chi connectivity index (χ0n) is 15.5. The van der Waals surface area contributed by atoms with Crippen molar-refractivity contribution in [1.82, 2.24) is 19.5 Å². The molecule has 0 spiro atoms. The molecule has 142 valence electrons. The molecule has 0 fully saturated rings. The fourth-order valence-corrected chi connectivity index (χ4v) is 4.35. The smallest absolute Gasteiger partial charge is 0.191 e. The zero-order valence-corrected chi connectivity index (χ0v) is 17.9. The maximum atomic E-state index is 4.83. The average Bonchev–Trinajstić information content (AvgIpc) is 3.06. The van der Waals surface area contributed by atoms with E-state index in [-0.39, 0.29) is 0 Å². The number of hydrogen-bond donors (Lipinski definition) is 1. The summed E-state index contributed by atoms with van der Waals surface area (Å²) in [5, 5.41) is 4.08. The first-order chi connectivity index (χ1) is 13.8. The van der Waals surface area contributed by atoms with Gasteiger partial charge < -0.3 is 5.32 Å². The Morgan fingerprint density at radius 1 is 0.964 bits per heavy atom. The highest BCUT2D eigenvalue weighted by Crippen LogP contribution is 2.29. The van der Waals surface area contributed by atoms with Crippen LogP contribution in [0.3, 0.4) is 0 Å². The first-order valence-electron chi connectivity index (χ1n) is 9.18. The predicted molar refractivity (Wildman–Crippen MR) is 119 cm³/mol. The number of nitrogens with zero attached hydrogens (tertiary/aromatic N) is 4. The molecular formula is C21H20BrN5S. The fourth-order valence-electron chi connectivity index (χ4n) is 2.98. The van der Waals surface area contributed by atoms with Gasteiger partial charge in [0.1, 0.15) is 0 Å². The summed E-state index contributed by atoms with van der Waals surface area (Å²) in [5.74, 6) is 1.69. The summed E-state index contributed by atoms with van der Waals surface area (Å²) in [6.45, 7) is 2.83. The van der Waals surface area contributed by atoms with Crippen LogP contribution in [-0.4, -0.2) is 31.8 Å². The third kappa shape index (κ3) is 4.05. The summed E-state index contributed by atoms with van der Waals surface area (Å²) in [4.78, 5) is 14.2. The largest absolute Gasteiger partial charge is 0.368 e. The monoisotopic (exact) mass is 453 g/mol. The van der Waals surface area contributed by atoms with E-state index in [2.05, 4.69) is 57.4 Å². The van der Waals surface area contributed by atoms with Gasteiger partial charge in [0.05, 0.1) is 0 Å². The van der Waals surface area contributed by atoms with Crippen LogP contribution in [0.15, 0.2) is 70.6 Å². The molecule has 4 rings (SSSR count). The molecule has 0 radical (unpaired) electrons. The first kappa shape index (κ1) is 19.0. The Morgan fingerprint density at radius 3 is 2.39 bits per heavy atom. The van der Waals surface area contributed by atoms with Crippen molar-refractivity contribution in [1.29, 1.82) is 0 Å². The Morgan fingerprint density at radius 2 is 1.68 bits per heavy atom. The Kier molecular flexibility index (Phi) is 5.92. The highest BCUT2D eigenvalue weighted by Gasteiger charge is 2.17. The lowest BCUT2D eigenvalue weighted by Gasteiger charge is -2.09. The Bertz CT molecular complexity index is 1070. The average molecular weight is 454 g/mol. The van der Waals surface area contributed by atoms with Gasteiger partial charge in [-0.3, -0.25) is 4.57 Å². The summed E-state index contributed by atoms with van der Waals surface area (Å²) in [5.41, 5.74) is 3.90. The second kappa shape index (κ2) is 8.75. The van der Waals surface area contributed by atoms with Crippen molar-refractivity contribution in [2.75, 3.05) is 17.6 Å². The molecule has 2 heterocycles. The van der Waals surface area contributed by atoms with Gasteiger partial charge in [-0.1, -0.05) is 60.3 Å². The number of benzene rings is 2. The molecular weight excluding hydrogens is 434 g/mol. The number of thioether (sulfide) groups is 1. The van der Waals surface area contributed by atoms with Crippen LogP contribution in [0.4, 0.5) is 5.82 Å². The molecule has 1 N–H and O–H groups in total. The van der Waals surface area contributed by atoms with Crippen LogP contribution >= 0.6 is 27.7 Å². The minimum Gasteiger partial charge on any atom is -0.368 e. The van der Waals surface area contributed by atoms with Crippen molar-refractivity contribution in [3.8, 4) is 5.69 Å². The van der Waals surface area contributed by atoms with Crippen molar-refractivity contribution in [3.63, 3.8) is 0 Å². The van der Waals surface area contributed by atoms with Gasteiger partial charge in [-0.2, -0.15) is 0 Å². The second-order valence-corrected chi connectivity index (χ2v) is 7.96. The molecule has 4 aromatic rings. The van der Waals surface area contributed by atoms with Gasteiger partial charge in [0.15, 0.2) is 26.9 Å². The van der Waals surface area contributed by atoms with Crippen LogP contribution in [0.1, 0.15) is 12.5 Å². The van der Waals surface area contributed by atoms with Gasteiger partial charge in [-0.15, -0.1) is 0 Å². The topological polar surface area (TPSA) is 55.6 Å². The molecule has 5 nitrogen and oxygen atoms in total. The molecule has 0 saturated heterocycles. The lowest BCUT2D eigenvalue weighted by molar-refractivity contribution is 0.952. The summed E-state index contributed by atoms with van der Waals surface area (Å²) in [6.07, 6.45) is 0.977. The van der Waals surface area contributed by atoms with Crippen molar-refractivity contribution in [2.24, 2.45) is 0 Å². The van der Waals surface area contributed by atoms with Gasteiger partial charge in [0.25, 0.3) is 0 Å². The lowest BCUT2D eigenvalue weighted by Crippen LogP contribution is -2.04. The molecule has 0 unspecified atom stereocenters. The number of imidazole rings is 1. The van der Waals surface area contributed by atoms with E-state index in [1.54, 1.807) is 11.8 Å². The van der Waals surface area contributed by atoms with Crippen molar-refractivity contribution in [2.45, 2.75) is 18.5 Å². The van der Waals surface area contributed by atoms with E-state index in [9.17, 15) is 0 Å². The number of anilines is 1. The first-order valence-corrected chi connectivity index (χ1v) is 11.0. The van der Waals surface area contributed by atoms with E-state index in [0.29, 0.717) is 4.73 Å².